The van der Waals surface area contributed by atoms with Gasteiger partial charge in [-0.3, -0.25) is 9.59 Å². The van der Waals surface area contributed by atoms with Gasteiger partial charge in [-0.05, 0) is 24.3 Å². The third-order valence-corrected chi connectivity index (χ3v) is 4.69. The minimum Gasteiger partial charge on any atom is -0.497 e. The summed E-state index contributed by atoms with van der Waals surface area (Å²) in [5.41, 5.74) is 0.103. The SMILES string of the molecule is COc1ccc2c(=O)cc(C(=O)N3CCN(c4ccccn4)CC3)oc2c1. The summed E-state index contributed by atoms with van der Waals surface area (Å²) in [6.07, 6.45) is 1.75. The second-order valence-electron chi connectivity index (χ2n) is 6.30. The Balaban J connectivity index is 1.54. The molecular formula is C20H19N3O4. The van der Waals surface area contributed by atoms with Gasteiger partial charge in [0, 0.05) is 44.5 Å². The molecule has 1 saturated heterocycles. The Hall–Kier alpha value is -3.35. The predicted molar refractivity (Wildman–Crippen MR) is 101 cm³/mol. The third-order valence-electron chi connectivity index (χ3n) is 4.69. The molecule has 2 aromatic heterocycles. The van der Waals surface area contributed by atoms with Gasteiger partial charge in [-0.2, -0.15) is 0 Å². The number of rotatable bonds is 3. The number of methoxy groups -OCH3 is 1. The largest absolute Gasteiger partial charge is 0.497 e. The molecule has 0 N–H and O–H groups in total. The summed E-state index contributed by atoms with van der Waals surface area (Å²) in [6, 6.07) is 12.0. The van der Waals surface area contributed by atoms with Gasteiger partial charge in [0.05, 0.1) is 12.5 Å². The minimum atomic E-state index is -0.280. The van der Waals surface area contributed by atoms with Gasteiger partial charge in [0.25, 0.3) is 5.91 Å². The molecule has 1 aliphatic rings. The van der Waals surface area contributed by atoms with Crippen LogP contribution < -0.4 is 15.1 Å². The van der Waals surface area contributed by atoms with E-state index >= 15 is 0 Å². The number of carbonyl (C=O) groups excluding carboxylic acids is 1. The number of hydrogen-bond donors (Lipinski definition) is 0. The zero-order valence-corrected chi connectivity index (χ0v) is 14.9. The normalized spacial score (nSPS) is 14.4. The van der Waals surface area contributed by atoms with E-state index in [1.165, 1.54) is 13.2 Å². The van der Waals surface area contributed by atoms with E-state index < -0.39 is 0 Å². The number of hydrogen-bond acceptors (Lipinski definition) is 6. The van der Waals surface area contributed by atoms with Gasteiger partial charge >= 0.3 is 0 Å². The number of carbonyl (C=O) groups is 1. The van der Waals surface area contributed by atoms with Crippen molar-refractivity contribution in [3.8, 4) is 5.75 Å². The fourth-order valence-corrected chi connectivity index (χ4v) is 3.20. The Morgan fingerprint density at radius 1 is 1.11 bits per heavy atom. The van der Waals surface area contributed by atoms with Crippen molar-refractivity contribution < 1.29 is 13.9 Å². The molecule has 0 aliphatic carbocycles. The van der Waals surface area contributed by atoms with Gasteiger partial charge < -0.3 is 19.0 Å². The maximum absolute atomic E-state index is 12.8. The van der Waals surface area contributed by atoms with E-state index in [1.807, 2.05) is 18.2 Å². The summed E-state index contributed by atoms with van der Waals surface area (Å²) in [5.74, 6) is 1.23. The number of ether oxygens (including phenoxy) is 1. The second kappa shape index (κ2) is 7.11. The number of nitrogens with zero attached hydrogens (tertiary/aromatic N) is 3. The summed E-state index contributed by atoms with van der Waals surface area (Å²) >= 11 is 0. The van der Waals surface area contributed by atoms with Crippen LogP contribution in [-0.4, -0.2) is 49.1 Å². The molecule has 27 heavy (non-hydrogen) atoms. The Morgan fingerprint density at radius 3 is 2.63 bits per heavy atom. The molecule has 1 aromatic carbocycles. The molecule has 4 rings (SSSR count). The fraction of sp³-hybridized carbons (Fsp3) is 0.250. The number of benzene rings is 1. The molecular weight excluding hydrogens is 346 g/mol. The van der Waals surface area contributed by atoms with Crippen LogP contribution in [-0.2, 0) is 0 Å². The van der Waals surface area contributed by atoms with E-state index in [9.17, 15) is 9.59 Å². The smallest absolute Gasteiger partial charge is 0.289 e. The Morgan fingerprint density at radius 2 is 1.93 bits per heavy atom. The minimum absolute atomic E-state index is 0.0482. The van der Waals surface area contributed by atoms with Crippen molar-refractivity contribution in [2.75, 3.05) is 38.2 Å². The molecule has 7 nitrogen and oxygen atoms in total. The van der Waals surface area contributed by atoms with Crippen LogP contribution in [0.15, 0.2) is 57.9 Å². The molecule has 0 spiro atoms. The molecule has 0 atom stereocenters. The van der Waals surface area contributed by atoms with E-state index in [4.69, 9.17) is 9.15 Å². The molecule has 1 fully saturated rings. The number of pyridine rings is 1. The maximum atomic E-state index is 12.8. The average molecular weight is 365 g/mol. The Labute approximate surface area is 155 Å². The first-order valence-corrected chi connectivity index (χ1v) is 8.73. The zero-order valence-electron chi connectivity index (χ0n) is 14.9. The predicted octanol–water partition coefficient (Wildman–Crippen LogP) is 2.16. The number of fused-ring (bicyclic) bond motifs is 1. The van der Waals surface area contributed by atoms with Gasteiger partial charge in [-0.15, -0.1) is 0 Å². The van der Waals surface area contributed by atoms with Crippen LogP contribution in [0.2, 0.25) is 0 Å². The molecule has 0 bridgehead atoms. The van der Waals surface area contributed by atoms with Gasteiger partial charge in [0.1, 0.15) is 17.2 Å². The molecule has 0 unspecified atom stereocenters. The molecule has 0 saturated carbocycles. The van der Waals surface area contributed by atoms with E-state index in [2.05, 4.69) is 9.88 Å². The lowest BCUT2D eigenvalue weighted by Crippen LogP contribution is -2.49. The van der Waals surface area contributed by atoms with Crippen molar-refractivity contribution in [2.45, 2.75) is 0 Å². The first kappa shape index (κ1) is 17.1. The van der Waals surface area contributed by atoms with Crippen LogP contribution in [0.5, 0.6) is 5.75 Å². The summed E-state index contributed by atoms with van der Waals surface area (Å²) in [6.45, 7) is 2.42. The second-order valence-corrected chi connectivity index (χ2v) is 6.30. The highest BCUT2D eigenvalue weighted by molar-refractivity contribution is 5.93. The van der Waals surface area contributed by atoms with E-state index in [-0.39, 0.29) is 17.1 Å². The van der Waals surface area contributed by atoms with Crippen molar-refractivity contribution in [1.82, 2.24) is 9.88 Å². The van der Waals surface area contributed by atoms with Crippen LogP contribution in [0, 0.1) is 0 Å². The van der Waals surface area contributed by atoms with Crippen molar-refractivity contribution in [3.05, 3.63) is 64.6 Å². The van der Waals surface area contributed by atoms with Gasteiger partial charge in [0.2, 0.25) is 0 Å². The Bertz CT molecular complexity index is 1020. The van der Waals surface area contributed by atoms with Crippen molar-refractivity contribution in [3.63, 3.8) is 0 Å². The van der Waals surface area contributed by atoms with Crippen molar-refractivity contribution in [2.24, 2.45) is 0 Å². The van der Waals surface area contributed by atoms with Crippen molar-refractivity contribution >= 4 is 22.7 Å². The van der Waals surface area contributed by atoms with Gasteiger partial charge in [-0.25, -0.2) is 4.98 Å². The third kappa shape index (κ3) is 3.36. The zero-order chi connectivity index (χ0) is 18.8. The van der Waals surface area contributed by atoms with E-state index in [0.717, 1.165) is 5.82 Å². The quantitative estimate of drug-likeness (QED) is 0.708. The topological polar surface area (TPSA) is 75.9 Å². The Kier molecular flexibility index (Phi) is 4.50. The van der Waals surface area contributed by atoms with Gasteiger partial charge in [0.15, 0.2) is 11.2 Å². The maximum Gasteiger partial charge on any atom is 0.289 e. The molecule has 3 heterocycles. The van der Waals surface area contributed by atoms with Crippen LogP contribution in [0.1, 0.15) is 10.6 Å². The summed E-state index contributed by atoms with van der Waals surface area (Å²) < 4.78 is 10.9. The summed E-state index contributed by atoms with van der Waals surface area (Å²) in [4.78, 5) is 33.3. The van der Waals surface area contributed by atoms with Crippen LogP contribution >= 0.6 is 0 Å². The lowest BCUT2D eigenvalue weighted by Gasteiger charge is -2.35. The highest BCUT2D eigenvalue weighted by atomic mass is 16.5. The standard InChI is InChI=1S/C20H19N3O4/c1-26-14-5-6-15-16(24)13-18(27-17(15)12-14)20(25)23-10-8-22(9-11-23)19-4-2-3-7-21-19/h2-7,12-13H,8-11H2,1H3. The molecule has 1 amide bonds. The van der Waals surface area contributed by atoms with Crippen LogP contribution in [0.3, 0.4) is 0 Å². The number of aromatic nitrogens is 1. The monoisotopic (exact) mass is 365 g/mol. The number of anilines is 1. The first-order chi connectivity index (χ1) is 13.2. The van der Waals surface area contributed by atoms with Crippen LogP contribution in [0.4, 0.5) is 5.82 Å². The summed E-state index contributed by atoms with van der Waals surface area (Å²) in [5, 5.41) is 0.423. The van der Waals surface area contributed by atoms with E-state index in [1.54, 1.807) is 29.3 Å². The highest BCUT2D eigenvalue weighted by Gasteiger charge is 2.25. The molecule has 7 heteroatoms. The molecule has 138 valence electrons. The highest BCUT2D eigenvalue weighted by Crippen LogP contribution is 2.21. The molecule has 3 aromatic rings. The van der Waals surface area contributed by atoms with Crippen molar-refractivity contribution in [1.29, 1.82) is 0 Å². The fourth-order valence-electron chi connectivity index (χ4n) is 3.20. The number of amides is 1. The first-order valence-electron chi connectivity index (χ1n) is 8.73. The number of piperazine rings is 1. The lowest BCUT2D eigenvalue weighted by atomic mass is 10.2. The summed E-state index contributed by atoms with van der Waals surface area (Å²) in [7, 11) is 1.54. The molecule has 1 aliphatic heterocycles. The average Bonchev–Trinajstić information content (AvgIpc) is 2.73. The molecule has 0 radical (unpaired) electrons. The van der Waals surface area contributed by atoms with Crippen LogP contribution in [0.25, 0.3) is 11.0 Å². The lowest BCUT2D eigenvalue weighted by molar-refractivity contribution is 0.0715. The van der Waals surface area contributed by atoms with Gasteiger partial charge in [-0.1, -0.05) is 6.07 Å². The van der Waals surface area contributed by atoms with E-state index in [0.29, 0.717) is 42.9 Å².